The standard InChI is InChI=1S/C22H23N3O/c1-14-9-16(3)21(17(4)10-14)24-19-11-18(12-23-13-19)22(26)25-20-8-6-5-7-15(20)2/h5-13,24H,1-4H3,(H,25,26). The van der Waals surface area contributed by atoms with Crippen molar-refractivity contribution in [3.05, 3.63) is 82.7 Å². The first-order chi connectivity index (χ1) is 12.4. The van der Waals surface area contributed by atoms with E-state index >= 15 is 0 Å². The largest absolute Gasteiger partial charge is 0.354 e. The maximum atomic E-state index is 12.6. The highest BCUT2D eigenvalue weighted by atomic mass is 16.1. The van der Waals surface area contributed by atoms with Crippen LogP contribution in [0, 0.1) is 27.7 Å². The van der Waals surface area contributed by atoms with E-state index in [4.69, 9.17) is 0 Å². The van der Waals surface area contributed by atoms with Crippen molar-refractivity contribution in [1.29, 1.82) is 0 Å². The van der Waals surface area contributed by atoms with Gasteiger partial charge in [-0.05, 0) is 56.5 Å². The number of benzene rings is 2. The summed E-state index contributed by atoms with van der Waals surface area (Å²) in [5.41, 5.74) is 7.74. The number of rotatable bonds is 4. The highest BCUT2D eigenvalue weighted by molar-refractivity contribution is 6.05. The summed E-state index contributed by atoms with van der Waals surface area (Å²) < 4.78 is 0. The fourth-order valence-electron chi connectivity index (χ4n) is 3.06. The zero-order chi connectivity index (χ0) is 18.7. The van der Waals surface area contributed by atoms with Crippen molar-refractivity contribution in [2.75, 3.05) is 10.6 Å². The average Bonchev–Trinajstić information content (AvgIpc) is 2.60. The van der Waals surface area contributed by atoms with E-state index in [0.717, 1.165) is 33.8 Å². The number of nitrogens with one attached hydrogen (secondary N) is 2. The van der Waals surface area contributed by atoms with E-state index in [1.54, 1.807) is 12.4 Å². The van der Waals surface area contributed by atoms with Crippen LogP contribution in [0.25, 0.3) is 0 Å². The number of aryl methyl sites for hydroxylation is 4. The molecule has 0 saturated heterocycles. The van der Waals surface area contributed by atoms with Crippen LogP contribution in [0.2, 0.25) is 0 Å². The van der Waals surface area contributed by atoms with Gasteiger partial charge in [-0.15, -0.1) is 0 Å². The molecule has 4 heteroatoms. The van der Waals surface area contributed by atoms with Crippen LogP contribution in [-0.2, 0) is 0 Å². The third kappa shape index (κ3) is 3.91. The van der Waals surface area contributed by atoms with Gasteiger partial charge in [-0.3, -0.25) is 9.78 Å². The van der Waals surface area contributed by atoms with Crippen molar-refractivity contribution in [2.45, 2.75) is 27.7 Å². The molecule has 0 atom stereocenters. The molecule has 0 spiro atoms. The summed E-state index contributed by atoms with van der Waals surface area (Å²) in [6, 6.07) is 13.8. The number of anilines is 3. The zero-order valence-electron chi connectivity index (χ0n) is 15.6. The quantitative estimate of drug-likeness (QED) is 0.673. The van der Waals surface area contributed by atoms with Crippen LogP contribution in [0.5, 0.6) is 0 Å². The summed E-state index contributed by atoms with van der Waals surface area (Å²) in [6.07, 6.45) is 3.30. The second-order valence-electron chi connectivity index (χ2n) is 6.63. The summed E-state index contributed by atoms with van der Waals surface area (Å²) >= 11 is 0. The molecule has 2 aromatic carbocycles. The molecule has 3 rings (SSSR count). The molecule has 1 heterocycles. The molecule has 26 heavy (non-hydrogen) atoms. The number of carbonyl (C=O) groups is 1. The van der Waals surface area contributed by atoms with E-state index in [2.05, 4.69) is 48.5 Å². The highest BCUT2D eigenvalue weighted by Gasteiger charge is 2.10. The van der Waals surface area contributed by atoms with Gasteiger partial charge < -0.3 is 10.6 Å². The molecule has 0 saturated carbocycles. The van der Waals surface area contributed by atoms with E-state index < -0.39 is 0 Å². The number of pyridine rings is 1. The first-order valence-corrected chi connectivity index (χ1v) is 8.61. The molecule has 132 valence electrons. The second-order valence-corrected chi connectivity index (χ2v) is 6.63. The molecule has 0 aliphatic rings. The second kappa shape index (κ2) is 7.40. The third-order valence-electron chi connectivity index (χ3n) is 4.34. The predicted molar refractivity (Wildman–Crippen MR) is 107 cm³/mol. The summed E-state index contributed by atoms with van der Waals surface area (Å²) in [6.45, 7) is 8.20. The lowest BCUT2D eigenvalue weighted by atomic mass is 10.0. The van der Waals surface area contributed by atoms with Crippen LogP contribution < -0.4 is 10.6 Å². The van der Waals surface area contributed by atoms with E-state index in [1.165, 1.54) is 5.56 Å². The van der Waals surface area contributed by atoms with Gasteiger partial charge in [0.1, 0.15) is 0 Å². The minimum atomic E-state index is -0.173. The van der Waals surface area contributed by atoms with E-state index in [0.29, 0.717) is 5.56 Å². The number of carbonyl (C=O) groups excluding carboxylic acids is 1. The van der Waals surface area contributed by atoms with Gasteiger partial charge in [0.05, 0.1) is 17.4 Å². The van der Waals surface area contributed by atoms with Crippen LogP contribution in [0.15, 0.2) is 54.9 Å². The van der Waals surface area contributed by atoms with Crippen molar-refractivity contribution in [3.8, 4) is 0 Å². The molecule has 1 amide bonds. The topological polar surface area (TPSA) is 54.0 Å². The molecule has 0 unspecified atom stereocenters. The Morgan fingerprint density at radius 2 is 1.58 bits per heavy atom. The predicted octanol–water partition coefficient (Wildman–Crippen LogP) is 5.31. The summed E-state index contributed by atoms with van der Waals surface area (Å²) in [5.74, 6) is -0.173. The van der Waals surface area contributed by atoms with Crippen molar-refractivity contribution >= 4 is 23.0 Å². The van der Waals surface area contributed by atoms with Gasteiger partial charge in [0.2, 0.25) is 0 Å². The number of nitrogens with zero attached hydrogens (tertiary/aromatic N) is 1. The van der Waals surface area contributed by atoms with Gasteiger partial charge in [0.15, 0.2) is 0 Å². The van der Waals surface area contributed by atoms with Gasteiger partial charge in [0, 0.05) is 17.6 Å². The Labute approximate surface area is 154 Å². The van der Waals surface area contributed by atoms with Crippen LogP contribution in [0.1, 0.15) is 32.6 Å². The van der Waals surface area contributed by atoms with Crippen LogP contribution in [-0.4, -0.2) is 10.9 Å². The molecule has 0 aliphatic carbocycles. The highest BCUT2D eigenvalue weighted by Crippen LogP contribution is 2.26. The summed E-state index contributed by atoms with van der Waals surface area (Å²) in [7, 11) is 0. The van der Waals surface area contributed by atoms with Crippen LogP contribution in [0.3, 0.4) is 0 Å². The smallest absolute Gasteiger partial charge is 0.257 e. The third-order valence-corrected chi connectivity index (χ3v) is 4.34. The minimum Gasteiger partial charge on any atom is -0.354 e. The van der Waals surface area contributed by atoms with Gasteiger partial charge in [0.25, 0.3) is 5.91 Å². The summed E-state index contributed by atoms with van der Waals surface area (Å²) in [4.78, 5) is 16.8. The molecule has 1 aromatic heterocycles. The van der Waals surface area contributed by atoms with Crippen molar-refractivity contribution in [3.63, 3.8) is 0 Å². The number of amides is 1. The maximum absolute atomic E-state index is 12.6. The zero-order valence-corrected chi connectivity index (χ0v) is 15.6. The first kappa shape index (κ1) is 17.7. The van der Waals surface area contributed by atoms with E-state index in [-0.39, 0.29) is 5.91 Å². The van der Waals surface area contributed by atoms with Crippen molar-refractivity contribution in [1.82, 2.24) is 4.98 Å². The van der Waals surface area contributed by atoms with Crippen molar-refractivity contribution in [2.24, 2.45) is 0 Å². The van der Waals surface area contributed by atoms with Gasteiger partial charge >= 0.3 is 0 Å². The number of para-hydroxylation sites is 1. The maximum Gasteiger partial charge on any atom is 0.257 e. The van der Waals surface area contributed by atoms with E-state index in [1.807, 2.05) is 37.3 Å². The molecule has 0 aliphatic heterocycles. The lowest BCUT2D eigenvalue weighted by Crippen LogP contribution is -2.13. The minimum absolute atomic E-state index is 0.173. The molecule has 0 fully saturated rings. The Morgan fingerprint density at radius 3 is 2.27 bits per heavy atom. The Kier molecular flexibility index (Phi) is 5.03. The Balaban J connectivity index is 1.83. The number of hydrogen-bond donors (Lipinski definition) is 2. The van der Waals surface area contributed by atoms with Crippen LogP contribution in [0.4, 0.5) is 17.1 Å². The van der Waals surface area contributed by atoms with Gasteiger partial charge in [-0.2, -0.15) is 0 Å². The molecule has 0 bridgehead atoms. The first-order valence-electron chi connectivity index (χ1n) is 8.61. The molecule has 4 nitrogen and oxygen atoms in total. The molecule has 2 N–H and O–H groups in total. The fourth-order valence-corrected chi connectivity index (χ4v) is 3.06. The van der Waals surface area contributed by atoms with Gasteiger partial charge in [-0.1, -0.05) is 35.9 Å². The Bertz CT molecular complexity index is 940. The molecular formula is C22H23N3O. The van der Waals surface area contributed by atoms with E-state index in [9.17, 15) is 4.79 Å². The lowest BCUT2D eigenvalue weighted by Gasteiger charge is -2.14. The monoisotopic (exact) mass is 345 g/mol. The Morgan fingerprint density at radius 1 is 0.885 bits per heavy atom. The lowest BCUT2D eigenvalue weighted by molar-refractivity contribution is 0.102. The number of hydrogen-bond acceptors (Lipinski definition) is 3. The average molecular weight is 345 g/mol. The van der Waals surface area contributed by atoms with Gasteiger partial charge in [-0.25, -0.2) is 0 Å². The normalized spacial score (nSPS) is 10.5. The summed E-state index contributed by atoms with van der Waals surface area (Å²) in [5, 5.41) is 6.34. The number of aromatic nitrogens is 1. The molecular weight excluding hydrogens is 322 g/mol. The SMILES string of the molecule is Cc1cc(C)c(Nc2cncc(C(=O)Nc3ccccc3C)c2)c(C)c1. The Hall–Kier alpha value is -3.14. The molecule has 0 radical (unpaired) electrons. The molecule has 3 aromatic rings. The van der Waals surface area contributed by atoms with Crippen molar-refractivity contribution < 1.29 is 4.79 Å². The van der Waals surface area contributed by atoms with Crippen LogP contribution >= 0.6 is 0 Å². The fraction of sp³-hybridized carbons (Fsp3) is 0.182.